The maximum Gasteiger partial charge on any atom is 0.244 e. The second-order valence-corrected chi connectivity index (χ2v) is 7.96. The standard InChI is InChI=1S/C17H24N4O4S/c1-12-17(13(2)21(19-12)8-10-24-3)26(22,23)20-15-6-9-25-16(15)14-5-4-7-18-11-14/h4-5,7,11,15-16,20H,6,8-10H2,1-3H3/t15-,16+/m0/s1. The molecular weight excluding hydrogens is 356 g/mol. The molecular formula is C17H24N4O4S. The first kappa shape index (κ1) is 19.0. The highest BCUT2D eigenvalue weighted by Crippen LogP contribution is 2.30. The zero-order valence-corrected chi connectivity index (χ0v) is 16.0. The van der Waals surface area contributed by atoms with E-state index in [4.69, 9.17) is 9.47 Å². The van der Waals surface area contributed by atoms with Crippen LogP contribution in [0.5, 0.6) is 0 Å². The summed E-state index contributed by atoms with van der Waals surface area (Å²) in [7, 11) is -2.12. The van der Waals surface area contributed by atoms with Crippen molar-refractivity contribution in [1.29, 1.82) is 0 Å². The number of hydrogen-bond donors (Lipinski definition) is 1. The molecule has 1 fully saturated rings. The van der Waals surface area contributed by atoms with E-state index in [0.29, 0.717) is 37.6 Å². The number of sulfonamides is 1. The summed E-state index contributed by atoms with van der Waals surface area (Å²) in [6.07, 6.45) is 3.65. The van der Waals surface area contributed by atoms with Crippen molar-refractivity contribution < 1.29 is 17.9 Å². The van der Waals surface area contributed by atoms with Crippen molar-refractivity contribution in [2.24, 2.45) is 0 Å². The Morgan fingerprint density at radius 1 is 1.42 bits per heavy atom. The molecule has 0 bridgehead atoms. The number of ether oxygens (including phenoxy) is 2. The lowest BCUT2D eigenvalue weighted by atomic mass is 10.1. The van der Waals surface area contributed by atoms with Gasteiger partial charge in [0.05, 0.1) is 30.6 Å². The summed E-state index contributed by atoms with van der Waals surface area (Å²) < 4.78 is 41.3. The molecule has 8 nitrogen and oxygen atoms in total. The number of rotatable bonds is 7. The summed E-state index contributed by atoms with van der Waals surface area (Å²) in [6, 6.07) is 3.37. The Morgan fingerprint density at radius 3 is 2.92 bits per heavy atom. The summed E-state index contributed by atoms with van der Waals surface area (Å²) in [6.45, 7) is 4.93. The topological polar surface area (TPSA) is 95.3 Å². The first-order chi connectivity index (χ1) is 12.4. The van der Waals surface area contributed by atoms with Crippen molar-refractivity contribution in [1.82, 2.24) is 19.5 Å². The van der Waals surface area contributed by atoms with E-state index < -0.39 is 10.0 Å². The fraction of sp³-hybridized carbons (Fsp3) is 0.529. The Kier molecular flexibility index (Phi) is 5.71. The number of nitrogens with one attached hydrogen (secondary N) is 1. The molecule has 9 heteroatoms. The highest BCUT2D eigenvalue weighted by atomic mass is 32.2. The van der Waals surface area contributed by atoms with Gasteiger partial charge in [0.25, 0.3) is 0 Å². The van der Waals surface area contributed by atoms with E-state index in [-0.39, 0.29) is 17.0 Å². The minimum atomic E-state index is -3.72. The van der Waals surface area contributed by atoms with Crippen LogP contribution in [0.4, 0.5) is 0 Å². The maximum absolute atomic E-state index is 13.0. The van der Waals surface area contributed by atoms with E-state index in [2.05, 4.69) is 14.8 Å². The van der Waals surface area contributed by atoms with Gasteiger partial charge >= 0.3 is 0 Å². The number of aryl methyl sites for hydroxylation is 1. The van der Waals surface area contributed by atoms with Crippen molar-refractivity contribution in [3.63, 3.8) is 0 Å². The van der Waals surface area contributed by atoms with Crippen LogP contribution in [0.25, 0.3) is 0 Å². The SMILES string of the molecule is COCCn1nc(C)c(S(=O)(=O)N[C@H]2CCO[C@@H]2c2cccnc2)c1C. The van der Waals surface area contributed by atoms with Crippen LogP contribution < -0.4 is 4.72 Å². The van der Waals surface area contributed by atoms with Crippen LogP contribution in [-0.2, 0) is 26.0 Å². The molecule has 142 valence electrons. The number of nitrogens with zero attached hydrogens (tertiary/aromatic N) is 3. The van der Waals surface area contributed by atoms with Crippen LogP contribution in [0.1, 0.15) is 29.5 Å². The molecule has 1 aliphatic rings. The molecule has 1 aliphatic heterocycles. The molecule has 0 aromatic carbocycles. The largest absolute Gasteiger partial charge is 0.383 e. The number of methoxy groups -OCH3 is 1. The van der Waals surface area contributed by atoms with Gasteiger partial charge in [0.2, 0.25) is 10.0 Å². The summed E-state index contributed by atoms with van der Waals surface area (Å²) in [4.78, 5) is 4.32. The molecule has 3 rings (SSSR count). The highest BCUT2D eigenvalue weighted by Gasteiger charge is 2.35. The normalized spacial score (nSPS) is 20.6. The van der Waals surface area contributed by atoms with Gasteiger partial charge in [-0.25, -0.2) is 13.1 Å². The third-order valence-electron chi connectivity index (χ3n) is 4.50. The average molecular weight is 380 g/mol. The Morgan fingerprint density at radius 2 is 2.23 bits per heavy atom. The molecule has 26 heavy (non-hydrogen) atoms. The fourth-order valence-corrected chi connectivity index (χ4v) is 4.99. The minimum Gasteiger partial charge on any atom is -0.383 e. The molecule has 2 aromatic rings. The summed E-state index contributed by atoms with van der Waals surface area (Å²) in [5.41, 5.74) is 1.94. The van der Waals surface area contributed by atoms with Crippen LogP contribution in [0.3, 0.4) is 0 Å². The van der Waals surface area contributed by atoms with Gasteiger partial charge in [-0.2, -0.15) is 5.10 Å². The molecule has 0 radical (unpaired) electrons. The average Bonchev–Trinajstić information content (AvgIpc) is 3.17. The molecule has 2 aromatic heterocycles. The van der Waals surface area contributed by atoms with Crippen LogP contribution in [0.2, 0.25) is 0 Å². The van der Waals surface area contributed by atoms with E-state index in [9.17, 15) is 8.42 Å². The Balaban J connectivity index is 1.84. The lowest BCUT2D eigenvalue weighted by molar-refractivity contribution is 0.102. The Labute approximate surface area is 153 Å². The molecule has 0 amide bonds. The lowest BCUT2D eigenvalue weighted by Gasteiger charge is -2.20. The summed E-state index contributed by atoms with van der Waals surface area (Å²) in [5.74, 6) is 0. The highest BCUT2D eigenvalue weighted by molar-refractivity contribution is 7.89. The number of pyridine rings is 1. The third kappa shape index (κ3) is 3.80. The van der Waals surface area contributed by atoms with E-state index in [1.165, 1.54) is 0 Å². The van der Waals surface area contributed by atoms with Gasteiger partial charge in [0, 0.05) is 31.7 Å². The first-order valence-electron chi connectivity index (χ1n) is 8.51. The Bertz CT molecular complexity index is 851. The molecule has 3 heterocycles. The predicted octanol–water partition coefficient (Wildman–Crippen LogP) is 1.35. The smallest absolute Gasteiger partial charge is 0.244 e. The quantitative estimate of drug-likeness (QED) is 0.779. The second-order valence-electron chi connectivity index (χ2n) is 6.31. The second kappa shape index (κ2) is 7.83. The van der Waals surface area contributed by atoms with Gasteiger partial charge in [-0.1, -0.05) is 6.07 Å². The van der Waals surface area contributed by atoms with Crippen LogP contribution in [-0.4, -0.2) is 49.5 Å². The molecule has 0 aliphatic carbocycles. The zero-order valence-electron chi connectivity index (χ0n) is 15.2. The number of hydrogen-bond acceptors (Lipinski definition) is 6. The predicted molar refractivity (Wildman–Crippen MR) is 95.2 cm³/mol. The van der Waals surface area contributed by atoms with Crippen LogP contribution in [0.15, 0.2) is 29.4 Å². The van der Waals surface area contributed by atoms with Gasteiger partial charge in [-0.15, -0.1) is 0 Å². The zero-order chi connectivity index (χ0) is 18.7. The van der Waals surface area contributed by atoms with E-state index in [0.717, 1.165) is 5.56 Å². The maximum atomic E-state index is 13.0. The lowest BCUT2D eigenvalue weighted by Crippen LogP contribution is -2.37. The molecule has 0 spiro atoms. The first-order valence-corrected chi connectivity index (χ1v) is 9.99. The summed E-state index contributed by atoms with van der Waals surface area (Å²) >= 11 is 0. The molecule has 0 unspecified atom stereocenters. The van der Waals surface area contributed by atoms with Crippen LogP contribution >= 0.6 is 0 Å². The van der Waals surface area contributed by atoms with Crippen molar-refractivity contribution in [3.8, 4) is 0 Å². The van der Waals surface area contributed by atoms with Gasteiger partial charge in [-0.05, 0) is 26.3 Å². The summed E-state index contributed by atoms with van der Waals surface area (Å²) in [5, 5.41) is 4.34. The van der Waals surface area contributed by atoms with E-state index in [1.54, 1.807) is 38.0 Å². The Hall–Kier alpha value is -1.81. The van der Waals surface area contributed by atoms with Crippen molar-refractivity contribution in [2.45, 2.75) is 43.9 Å². The van der Waals surface area contributed by atoms with Crippen LogP contribution in [0, 0.1) is 13.8 Å². The minimum absolute atomic E-state index is 0.227. The van der Waals surface area contributed by atoms with Crippen molar-refractivity contribution in [3.05, 3.63) is 41.5 Å². The molecule has 1 saturated heterocycles. The van der Waals surface area contributed by atoms with Crippen molar-refractivity contribution in [2.75, 3.05) is 20.3 Å². The van der Waals surface area contributed by atoms with Gasteiger partial charge in [0.15, 0.2) is 0 Å². The third-order valence-corrected chi connectivity index (χ3v) is 6.24. The van der Waals surface area contributed by atoms with E-state index in [1.807, 2.05) is 12.1 Å². The monoisotopic (exact) mass is 380 g/mol. The molecule has 0 saturated carbocycles. The fourth-order valence-electron chi connectivity index (χ4n) is 3.31. The van der Waals surface area contributed by atoms with E-state index >= 15 is 0 Å². The molecule has 2 atom stereocenters. The van der Waals surface area contributed by atoms with Crippen molar-refractivity contribution >= 4 is 10.0 Å². The molecule has 1 N–H and O–H groups in total. The van der Waals surface area contributed by atoms with Gasteiger partial charge in [-0.3, -0.25) is 9.67 Å². The van der Waals surface area contributed by atoms with Gasteiger partial charge in [0.1, 0.15) is 11.0 Å². The van der Waals surface area contributed by atoms with Gasteiger partial charge < -0.3 is 9.47 Å². The number of aromatic nitrogens is 3.